The zero-order chi connectivity index (χ0) is 18.9. The molecule has 142 valence electrons. The molecule has 4 rings (SSSR count). The van der Waals surface area contributed by atoms with Crippen LogP contribution in [-0.2, 0) is 4.74 Å². The summed E-state index contributed by atoms with van der Waals surface area (Å²) < 4.78 is 6.45. The van der Waals surface area contributed by atoms with Crippen molar-refractivity contribution < 1.29 is 9.53 Å². The molecule has 1 aliphatic carbocycles. The molecule has 6 nitrogen and oxygen atoms in total. The Hall–Kier alpha value is -2.47. The van der Waals surface area contributed by atoms with E-state index in [1.54, 1.807) is 6.07 Å². The van der Waals surface area contributed by atoms with E-state index in [1.807, 2.05) is 36.4 Å². The van der Waals surface area contributed by atoms with Gasteiger partial charge >= 0.3 is 0 Å². The molecular weight excluding hydrogens is 340 g/mol. The summed E-state index contributed by atoms with van der Waals surface area (Å²) in [6.45, 7) is 5.86. The van der Waals surface area contributed by atoms with Gasteiger partial charge in [-0.05, 0) is 51.0 Å². The smallest absolute Gasteiger partial charge is 0.276 e. The number of morpholine rings is 1. The predicted octanol–water partition coefficient (Wildman–Crippen LogP) is 3.66. The van der Waals surface area contributed by atoms with Crippen molar-refractivity contribution in [3.8, 4) is 0 Å². The number of amides is 1. The molecule has 1 saturated heterocycles. The van der Waals surface area contributed by atoms with Crippen molar-refractivity contribution in [2.75, 3.05) is 23.3 Å². The Kier molecular flexibility index (Phi) is 4.60. The Balaban J connectivity index is 1.49. The van der Waals surface area contributed by atoms with Crippen LogP contribution in [0.4, 0.5) is 11.5 Å². The summed E-state index contributed by atoms with van der Waals surface area (Å²) >= 11 is 0. The van der Waals surface area contributed by atoms with E-state index in [1.165, 1.54) is 12.8 Å². The zero-order valence-corrected chi connectivity index (χ0v) is 15.9. The fourth-order valence-corrected chi connectivity index (χ4v) is 4.29. The summed E-state index contributed by atoms with van der Waals surface area (Å²) in [4.78, 5) is 14.6. The van der Waals surface area contributed by atoms with Gasteiger partial charge in [-0.3, -0.25) is 4.79 Å². The number of aromatic nitrogens is 2. The molecule has 1 aromatic carbocycles. The standard InChI is InChI=1S/C21H26N4O2/c1-20(2)14-25(15-21(27-20)12-6-7-13-21)18-11-10-17(23-24-18)19(26)22-16-8-4-3-5-9-16/h3-5,8-11H,6-7,12-15H2,1-2H3,(H,22,26). The lowest BCUT2D eigenvalue weighted by Crippen LogP contribution is -2.59. The topological polar surface area (TPSA) is 67.4 Å². The highest BCUT2D eigenvalue weighted by molar-refractivity contribution is 6.02. The van der Waals surface area contributed by atoms with Gasteiger partial charge in [0.25, 0.3) is 5.91 Å². The maximum Gasteiger partial charge on any atom is 0.276 e. The Morgan fingerprint density at radius 2 is 1.78 bits per heavy atom. The largest absolute Gasteiger partial charge is 0.365 e. The molecule has 2 fully saturated rings. The van der Waals surface area contributed by atoms with Gasteiger partial charge in [-0.15, -0.1) is 10.2 Å². The van der Waals surface area contributed by atoms with Crippen molar-refractivity contribution in [2.24, 2.45) is 0 Å². The van der Waals surface area contributed by atoms with Crippen LogP contribution >= 0.6 is 0 Å². The SMILES string of the molecule is CC1(C)CN(c2ccc(C(=O)Nc3ccccc3)nn2)CC2(CCCC2)O1. The van der Waals surface area contributed by atoms with Gasteiger partial charge in [-0.1, -0.05) is 31.0 Å². The fourth-order valence-electron chi connectivity index (χ4n) is 4.29. The van der Waals surface area contributed by atoms with E-state index in [2.05, 4.69) is 34.3 Å². The fraction of sp³-hybridized carbons (Fsp3) is 0.476. The van der Waals surface area contributed by atoms with Crippen molar-refractivity contribution in [1.82, 2.24) is 10.2 Å². The lowest BCUT2D eigenvalue weighted by molar-refractivity contribution is -0.148. The quantitative estimate of drug-likeness (QED) is 0.898. The Morgan fingerprint density at radius 1 is 1.04 bits per heavy atom. The minimum Gasteiger partial charge on any atom is -0.365 e. The van der Waals surface area contributed by atoms with Crippen molar-refractivity contribution in [1.29, 1.82) is 0 Å². The van der Waals surface area contributed by atoms with Crippen LogP contribution in [0.3, 0.4) is 0 Å². The van der Waals surface area contributed by atoms with Crippen LogP contribution in [0.25, 0.3) is 0 Å². The van der Waals surface area contributed by atoms with Crippen LogP contribution in [0.15, 0.2) is 42.5 Å². The molecule has 2 heterocycles. The minimum absolute atomic E-state index is 0.0766. The van der Waals surface area contributed by atoms with E-state index in [4.69, 9.17) is 4.74 Å². The van der Waals surface area contributed by atoms with Gasteiger partial charge in [0.15, 0.2) is 11.5 Å². The zero-order valence-electron chi connectivity index (χ0n) is 15.9. The number of nitrogens with zero attached hydrogens (tertiary/aromatic N) is 3. The van der Waals surface area contributed by atoms with Crippen molar-refractivity contribution in [3.05, 3.63) is 48.2 Å². The molecule has 0 atom stereocenters. The molecule has 1 aromatic heterocycles. The number of rotatable bonds is 3. The maximum atomic E-state index is 12.4. The number of anilines is 2. The van der Waals surface area contributed by atoms with E-state index >= 15 is 0 Å². The van der Waals surface area contributed by atoms with E-state index < -0.39 is 0 Å². The molecule has 1 amide bonds. The lowest BCUT2D eigenvalue weighted by atomic mass is 9.94. The van der Waals surface area contributed by atoms with Crippen molar-refractivity contribution in [2.45, 2.75) is 50.7 Å². The molecule has 0 radical (unpaired) electrons. The molecule has 1 spiro atoms. The van der Waals surface area contributed by atoms with Crippen molar-refractivity contribution >= 4 is 17.4 Å². The van der Waals surface area contributed by atoms with Gasteiger partial charge in [-0.25, -0.2) is 0 Å². The van der Waals surface area contributed by atoms with Crippen LogP contribution in [0, 0.1) is 0 Å². The summed E-state index contributed by atoms with van der Waals surface area (Å²) in [5.74, 6) is 0.545. The molecule has 1 N–H and O–H groups in total. The number of hydrogen-bond donors (Lipinski definition) is 1. The predicted molar refractivity (Wildman–Crippen MR) is 105 cm³/mol. The molecule has 0 bridgehead atoms. The van der Waals surface area contributed by atoms with E-state index in [-0.39, 0.29) is 17.1 Å². The normalized spacial score (nSPS) is 20.6. The maximum absolute atomic E-state index is 12.4. The molecule has 0 unspecified atom stereocenters. The molecule has 2 aromatic rings. The average molecular weight is 366 g/mol. The third kappa shape index (κ3) is 3.95. The first-order chi connectivity index (χ1) is 12.9. The second kappa shape index (κ2) is 6.93. The van der Waals surface area contributed by atoms with Gasteiger partial charge < -0.3 is 15.0 Å². The van der Waals surface area contributed by atoms with Gasteiger partial charge in [0, 0.05) is 18.8 Å². The highest BCUT2D eigenvalue weighted by Crippen LogP contribution is 2.41. The van der Waals surface area contributed by atoms with Crippen molar-refractivity contribution in [3.63, 3.8) is 0 Å². The molecule has 27 heavy (non-hydrogen) atoms. The number of para-hydroxylation sites is 1. The molecule has 2 aliphatic rings. The first-order valence-electron chi connectivity index (χ1n) is 9.60. The monoisotopic (exact) mass is 366 g/mol. The number of ether oxygens (including phenoxy) is 1. The number of hydrogen-bond acceptors (Lipinski definition) is 5. The summed E-state index contributed by atoms with van der Waals surface area (Å²) in [5, 5.41) is 11.3. The lowest BCUT2D eigenvalue weighted by Gasteiger charge is -2.49. The Labute approximate surface area is 159 Å². The van der Waals surface area contributed by atoms with Crippen LogP contribution in [0.1, 0.15) is 50.0 Å². The van der Waals surface area contributed by atoms with E-state index in [0.29, 0.717) is 5.69 Å². The number of carbonyl (C=O) groups excluding carboxylic acids is 1. The molecular formula is C21H26N4O2. The van der Waals surface area contributed by atoms with Crippen LogP contribution < -0.4 is 10.2 Å². The second-order valence-electron chi connectivity index (χ2n) is 8.20. The van der Waals surface area contributed by atoms with Crippen LogP contribution in [0.5, 0.6) is 0 Å². The summed E-state index contributed by atoms with van der Waals surface area (Å²) in [5.41, 5.74) is 0.748. The minimum atomic E-state index is -0.255. The van der Waals surface area contributed by atoms with E-state index in [9.17, 15) is 4.79 Å². The first-order valence-corrected chi connectivity index (χ1v) is 9.60. The van der Waals surface area contributed by atoms with Crippen LogP contribution in [0.2, 0.25) is 0 Å². The summed E-state index contributed by atoms with van der Waals surface area (Å²) in [7, 11) is 0. The summed E-state index contributed by atoms with van der Waals surface area (Å²) in [6, 6.07) is 13.0. The first kappa shape index (κ1) is 17.9. The van der Waals surface area contributed by atoms with E-state index in [0.717, 1.165) is 37.4 Å². The third-order valence-corrected chi connectivity index (χ3v) is 5.30. The number of nitrogens with one attached hydrogen (secondary N) is 1. The van der Waals surface area contributed by atoms with Gasteiger partial charge in [0.2, 0.25) is 0 Å². The average Bonchev–Trinajstić information content (AvgIpc) is 3.08. The van der Waals surface area contributed by atoms with Gasteiger partial charge in [0.05, 0.1) is 11.2 Å². The Morgan fingerprint density at radius 3 is 2.44 bits per heavy atom. The molecule has 1 saturated carbocycles. The van der Waals surface area contributed by atoms with Gasteiger partial charge in [-0.2, -0.15) is 0 Å². The van der Waals surface area contributed by atoms with Gasteiger partial charge in [0.1, 0.15) is 0 Å². The highest BCUT2D eigenvalue weighted by Gasteiger charge is 2.46. The number of benzene rings is 1. The highest BCUT2D eigenvalue weighted by atomic mass is 16.5. The molecule has 1 aliphatic heterocycles. The Bertz CT molecular complexity index is 799. The second-order valence-corrected chi connectivity index (χ2v) is 8.20. The number of carbonyl (C=O) groups is 1. The van der Waals surface area contributed by atoms with Crippen LogP contribution in [-0.4, -0.2) is 40.4 Å². The molecule has 6 heteroatoms. The summed E-state index contributed by atoms with van der Waals surface area (Å²) in [6.07, 6.45) is 4.62. The third-order valence-electron chi connectivity index (χ3n) is 5.30.